The minimum Gasteiger partial charge on any atom is -0.396 e. The van der Waals surface area contributed by atoms with E-state index in [0.29, 0.717) is 24.0 Å². The van der Waals surface area contributed by atoms with Gasteiger partial charge in [0.15, 0.2) is 0 Å². The van der Waals surface area contributed by atoms with Crippen molar-refractivity contribution in [2.75, 3.05) is 6.61 Å². The van der Waals surface area contributed by atoms with Gasteiger partial charge in [0, 0.05) is 11.1 Å². The molecule has 1 aliphatic carbocycles. The molecule has 0 spiro atoms. The average molecular weight is 442 g/mol. The van der Waals surface area contributed by atoms with Crippen LogP contribution in [-0.4, -0.2) is 23.8 Å². The molecule has 0 saturated heterocycles. The van der Waals surface area contributed by atoms with E-state index >= 15 is 0 Å². The molecule has 1 amide bonds. The van der Waals surface area contributed by atoms with Crippen molar-refractivity contribution in [1.82, 2.24) is 5.32 Å². The molecule has 3 rings (SSSR count). The lowest BCUT2D eigenvalue weighted by molar-refractivity contribution is -0.175. The SMILES string of the molecule is O=C(NC1(CCCO)c2ccccc2CCc2ccc(Br)cc21)C(F)(F)F. The quantitative estimate of drug-likeness (QED) is 0.745. The van der Waals surface area contributed by atoms with Crippen LogP contribution >= 0.6 is 15.9 Å². The highest BCUT2D eigenvalue weighted by Gasteiger charge is 2.47. The van der Waals surface area contributed by atoms with Crippen LogP contribution in [0.5, 0.6) is 0 Å². The second kappa shape index (κ2) is 7.64. The third-order valence-electron chi connectivity index (χ3n) is 4.97. The van der Waals surface area contributed by atoms with Crippen molar-refractivity contribution in [2.24, 2.45) is 0 Å². The molecular weight excluding hydrogens is 423 g/mol. The van der Waals surface area contributed by atoms with E-state index in [9.17, 15) is 23.1 Å². The molecule has 2 aromatic rings. The van der Waals surface area contributed by atoms with Gasteiger partial charge >= 0.3 is 12.1 Å². The largest absolute Gasteiger partial charge is 0.471 e. The first-order valence-corrected chi connectivity index (χ1v) is 9.45. The predicted octanol–water partition coefficient (Wildman–Crippen LogP) is 4.24. The lowest BCUT2D eigenvalue weighted by Gasteiger charge is -2.38. The van der Waals surface area contributed by atoms with Gasteiger partial charge < -0.3 is 10.4 Å². The first kappa shape index (κ1) is 19.9. The molecule has 0 fully saturated rings. The number of halogens is 4. The Hall–Kier alpha value is -1.86. The summed E-state index contributed by atoms with van der Waals surface area (Å²) in [7, 11) is 0. The van der Waals surface area contributed by atoms with E-state index in [4.69, 9.17) is 0 Å². The Morgan fingerprint density at radius 2 is 1.78 bits per heavy atom. The van der Waals surface area contributed by atoms with E-state index in [1.807, 2.05) is 24.3 Å². The number of aryl methyl sites for hydroxylation is 2. The maximum Gasteiger partial charge on any atom is 0.471 e. The molecule has 0 heterocycles. The van der Waals surface area contributed by atoms with Gasteiger partial charge in [-0.1, -0.05) is 46.3 Å². The number of aliphatic hydroxyl groups is 1. The van der Waals surface area contributed by atoms with Gasteiger partial charge in [0.2, 0.25) is 0 Å². The number of alkyl halides is 3. The lowest BCUT2D eigenvalue weighted by Crippen LogP contribution is -2.52. The first-order valence-electron chi connectivity index (χ1n) is 8.65. The summed E-state index contributed by atoms with van der Waals surface area (Å²) in [5.74, 6) is -1.98. The number of nitrogens with one attached hydrogen (secondary N) is 1. The minimum atomic E-state index is -5.00. The van der Waals surface area contributed by atoms with E-state index in [2.05, 4.69) is 21.2 Å². The smallest absolute Gasteiger partial charge is 0.396 e. The van der Waals surface area contributed by atoms with Crippen molar-refractivity contribution >= 4 is 21.8 Å². The van der Waals surface area contributed by atoms with Gasteiger partial charge in [-0.05, 0) is 60.1 Å². The Morgan fingerprint density at radius 3 is 2.44 bits per heavy atom. The van der Waals surface area contributed by atoms with Crippen LogP contribution in [-0.2, 0) is 23.2 Å². The third-order valence-corrected chi connectivity index (χ3v) is 5.46. The van der Waals surface area contributed by atoms with Gasteiger partial charge in [-0.15, -0.1) is 0 Å². The normalized spacial score (nSPS) is 19.0. The second-order valence-electron chi connectivity index (χ2n) is 6.64. The number of amides is 1. The van der Waals surface area contributed by atoms with Crippen molar-refractivity contribution in [3.05, 3.63) is 69.2 Å². The zero-order chi connectivity index (χ0) is 19.7. The molecule has 27 heavy (non-hydrogen) atoms. The fourth-order valence-electron chi connectivity index (χ4n) is 3.81. The number of rotatable bonds is 4. The highest BCUT2D eigenvalue weighted by Crippen LogP contribution is 2.42. The molecule has 2 aromatic carbocycles. The summed E-state index contributed by atoms with van der Waals surface area (Å²) in [6.07, 6.45) is -3.28. The first-order chi connectivity index (χ1) is 12.8. The average Bonchev–Trinajstić information content (AvgIpc) is 2.75. The Balaban J connectivity index is 2.28. The van der Waals surface area contributed by atoms with E-state index in [1.54, 1.807) is 18.2 Å². The molecule has 0 radical (unpaired) electrons. The molecular formula is C20H19BrF3NO2. The fourth-order valence-corrected chi connectivity index (χ4v) is 4.17. The van der Waals surface area contributed by atoms with Gasteiger partial charge in [0.1, 0.15) is 0 Å². The van der Waals surface area contributed by atoms with Crippen LogP contribution in [0.2, 0.25) is 0 Å². The monoisotopic (exact) mass is 441 g/mol. The lowest BCUT2D eigenvalue weighted by atomic mass is 9.77. The summed E-state index contributed by atoms with van der Waals surface area (Å²) >= 11 is 3.40. The van der Waals surface area contributed by atoms with Crippen molar-refractivity contribution in [3.63, 3.8) is 0 Å². The van der Waals surface area contributed by atoms with Crippen LogP contribution < -0.4 is 5.32 Å². The Morgan fingerprint density at radius 1 is 1.11 bits per heavy atom. The van der Waals surface area contributed by atoms with Crippen LogP contribution in [0.15, 0.2) is 46.9 Å². The van der Waals surface area contributed by atoms with E-state index in [1.165, 1.54) is 0 Å². The van der Waals surface area contributed by atoms with Crippen molar-refractivity contribution in [3.8, 4) is 0 Å². The Kier molecular flexibility index (Phi) is 5.63. The summed E-state index contributed by atoms with van der Waals surface area (Å²) < 4.78 is 40.2. The van der Waals surface area contributed by atoms with Crippen LogP contribution in [0, 0.1) is 0 Å². The number of carbonyl (C=O) groups excluding carboxylic acids is 1. The third kappa shape index (κ3) is 3.89. The van der Waals surface area contributed by atoms with Gasteiger partial charge in [-0.2, -0.15) is 13.2 Å². The van der Waals surface area contributed by atoms with Gasteiger partial charge in [0.25, 0.3) is 0 Å². The Bertz CT molecular complexity index is 853. The van der Waals surface area contributed by atoms with Crippen LogP contribution in [0.4, 0.5) is 13.2 Å². The van der Waals surface area contributed by atoms with Crippen LogP contribution in [0.25, 0.3) is 0 Å². The molecule has 1 aliphatic rings. The molecule has 7 heteroatoms. The highest BCUT2D eigenvalue weighted by molar-refractivity contribution is 9.10. The Labute approximate surface area is 163 Å². The topological polar surface area (TPSA) is 49.3 Å². The van der Waals surface area contributed by atoms with E-state index in [-0.39, 0.29) is 19.4 Å². The molecule has 144 valence electrons. The maximum absolute atomic E-state index is 13.2. The summed E-state index contributed by atoms with van der Waals surface area (Å²) in [5.41, 5.74) is 1.70. The molecule has 3 nitrogen and oxygen atoms in total. The number of carbonyl (C=O) groups is 1. The van der Waals surface area contributed by atoms with Gasteiger partial charge in [0.05, 0.1) is 5.54 Å². The zero-order valence-corrected chi connectivity index (χ0v) is 16.0. The zero-order valence-electron chi connectivity index (χ0n) is 14.4. The van der Waals surface area contributed by atoms with Crippen molar-refractivity contribution in [1.29, 1.82) is 0 Å². The molecule has 0 bridgehead atoms. The molecule has 0 aliphatic heterocycles. The van der Waals surface area contributed by atoms with Crippen molar-refractivity contribution < 1.29 is 23.1 Å². The molecule has 1 atom stereocenters. The standard InChI is InChI=1S/C20H19BrF3NO2/c21-15-9-8-14-7-6-13-4-1-2-5-16(13)19(10-3-11-26,17(14)12-15)25-18(27)20(22,23)24/h1-2,4-5,8-9,12,26H,3,6-7,10-11H2,(H,25,27). The minimum absolute atomic E-state index is 0.159. The summed E-state index contributed by atoms with van der Waals surface area (Å²) in [4.78, 5) is 12.0. The summed E-state index contributed by atoms with van der Waals surface area (Å²) in [6, 6.07) is 12.7. The van der Waals surface area contributed by atoms with Crippen LogP contribution in [0.1, 0.15) is 35.1 Å². The number of hydrogen-bond acceptors (Lipinski definition) is 2. The number of hydrogen-bond donors (Lipinski definition) is 2. The molecule has 0 saturated carbocycles. The van der Waals surface area contributed by atoms with Gasteiger partial charge in [-0.3, -0.25) is 4.79 Å². The van der Waals surface area contributed by atoms with Crippen LogP contribution in [0.3, 0.4) is 0 Å². The van der Waals surface area contributed by atoms with E-state index < -0.39 is 17.6 Å². The summed E-state index contributed by atoms with van der Waals surface area (Å²) in [6.45, 7) is -0.185. The number of benzene rings is 2. The molecule has 1 unspecified atom stereocenters. The van der Waals surface area contributed by atoms with Gasteiger partial charge in [-0.25, -0.2) is 0 Å². The molecule has 0 aromatic heterocycles. The van der Waals surface area contributed by atoms with E-state index in [0.717, 1.165) is 15.6 Å². The summed E-state index contributed by atoms with van der Waals surface area (Å²) in [5, 5.41) is 11.7. The fraction of sp³-hybridized carbons (Fsp3) is 0.350. The second-order valence-corrected chi connectivity index (χ2v) is 7.56. The number of fused-ring (bicyclic) bond motifs is 2. The highest BCUT2D eigenvalue weighted by atomic mass is 79.9. The molecule has 2 N–H and O–H groups in total. The maximum atomic E-state index is 13.2. The van der Waals surface area contributed by atoms with Crippen molar-refractivity contribution in [2.45, 2.75) is 37.4 Å². The number of aliphatic hydroxyl groups excluding tert-OH is 1. The predicted molar refractivity (Wildman–Crippen MR) is 99.3 cm³/mol.